The van der Waals surface area contributed by atoms with Gasteiger partial charge in [-0.25, -0.2) is 0 Å². The minimum Gasteiger partial charge on any atom is -0.390 e. The third-order valence-corrected chi connectivity index (χ3v) is 3.48. The molecule has 3 aliphatic rings. The molecule has 1 aromatic rings. The van der Waals surface area contributed by atoms with Crippen LogP contribution >= 0.6 is 0 Å². The number of ether oxygens (including phenoxy) is 2. The summed E-state index contributed by atoms with van der Waals surface area (Å²) in [5.74, 6) is -0.324. The molecule has 10 heteroatoms. The largest absolute Gasteiger partial charge is 0.493 e. The van der Waals surface area contributed by atoms with Crippen LogP contribution < -0.4 is 5.32 Å². The summed E-state index contributed by atoms with van der Waals surface area (Å²) in [5.41, 5.74) is -1.41. The molecule has 2 fully saturated rings. The van der Waals surface area contributed by atoms with E-state index >= 15 is 0 Å². The molecule has 0 saturated carbocycles. The Morgan fingerprint density at radius 3 is 3.28 bits per heavy atom. The van der Waals surface area contributed by atoms with E-state index in [4.69, 9.17) is 9.47 Å². The SMILES string of the molecule is O=[N+]([O-])c1nc2n(n1)[C@H]1C[C@@](O)(N2)[C@@H]2OC[C@H]1O2. The van der Waals surface area contributed by atoms with Crippen LogP contribution in [0.25, 0.3) is 0 Å². The number of hydrogen-bond donors (Lipinski definition) is 2. The van der Waals surface area contributed by atoms with E-state index in [2.05, 4.69) is 15.4 Å². The molecule has 4 atom stereocenters. The van der Waals surface area contributed by atoms with E-state index in [0.29, 0.717) is 13.0 Å². The van der Waals surface area contributed by atoms with E-state index in [9.17, 15) is 15.2 Å². The average molecular weight is 255 g/mol. The van der Waals surface area contributed by atoms with Gasteiger partial charge < -0.3 is 30.0 Å². The number of aromatic nitrogens is 3. The van der Waals surface area contributed by atoms with Gasteiger partial charge in [0.15, 0.2) is 5.72 Å². The number of aliphatic hydroxyl groups is 1. The van der Waals surface area contributed by atoms with Crippen LogP contribution in [-0.2, 0) is 9.47 Å². The summed E-state index contributed by atoms with van der Waals surface area (Å²) < 4.78 is 12.2. The molecule has 0 aliphatic carbocycles. The topological polar surface area (TPSA) is 125 Å². The second-order valence-electron chi connectivity index (χ2n) is 4.60. The molecule has 96 valence electrons. The highest BCUT2D eigenvalue weighted by molar-refractivity contribution is 5.37. The molecule has 0 radical (unpaired) electrons. The molecule has 3 aliphatic heterocycles. The Balaban J connectivity index is 1.84. The van der Waals surface area contributed by atoms with Crippen LogP contribution in [-0.4, -0.2) is 49.5 Å². The van der Waals surface area contributed by atoms with Crippen molar-refractivity contribution in [2.75, 3.05) is 11.9 Å². The summed E-state index contributed by atoms with van der Waals surface area (Å²) in [5, 5.41) is 27.6. The molecule has 4 heterocycles. The first-order valence-corrected chi connectivity index (χ1v) is 5.45. The first-order valence-electron chi connectivity index (χ1n) is 5.45. The molecule has 18 heavy (non-hydrogen) atoms. The van der Waals surface area contributed by atoms with Gasteiger partial charge in [-0.05, 0) is 9.91 Å². The first kappa shape index (κ1) is 10.2. The Morgan fingerprint density at radius 2 is 2.50 bits per heavy atom. The highest BCUT2D eigenvalue weighted by atomic mass is 16.7. The summed E-state index contributed by atoms with van der Waals surface area (Å²) >= 11 is 0. The number of nitrogens with zero attached hydrogens (tertiary/aromatic N) is 4. The van der Waals surface area contributed by atoms with Gasteiger partial charge in [-0.3, -0.25) is 0 Å². The van der Waals surface area contributed by atoms with Crippen molar-refractivity contribution in [3.63, 3.8) is 0 Å². The number of rotatable bonds is 1. The van der Waals surface area contributed by atoms with Gasteiger partial charge in [0.2, 0.25) is 6.29 Å². The average Bonchev–Trinajstić information content (AvgIpc) is 2.90. The molecular formula is C8H9N5O5. The fourth-order valence-electron chi connectivity index (χ4n) is 2.67. The van der Waals surface area contributed by atoms with Crippen LogP contribution in [0.3, 0.4) is 0 Å². The van der Waals surface area contributed by atoms with E-state index in [-0.39, 0.29) is 18.1 Å². The molecule has 2 N–H and O–H groups in total. The van der Waals surface area contributed by atoms with Crippen molar-refractivity contribution >= 4 is 11.9 Å². The molecule has 0 amide bonds. The standard InChI is InChI=1S/C8H9N5O5/c14-8-1-3(4-2-17-5(8)18-4)12-6(10-8)9-7(11-12)13(15)16/h3-5,14H,1-2H2,(H,9,10,11)/t3-,4+,5+,8-/m0/s1. The Bertz CT molecular complexity index is 546. The summed E-state index contributed by atoms with van der Waals surface area (Å²) in [4.78, 5) is 13.7. The number of nitro groups is 1. The van der Waals surface area contributed by atoms with E-state index < -0.39 is 22.9 Å². The van der Waals surface area contributed by atoms with Crippen LogP contribution in [0.1, 0.15) is 12.5 Å². The van der Waals surface area contributed by atoms with Gasteiger partial charge in [-0.1, -0.05) is 0 Å². The van der Waals surface area contributed by atoms with Crippen LogP contribution in [0.4, 0.5) is 11.9 Å². The number of nitrogens with one attached hydrogen (secondary N) is 1. The van der Waals surface area contributed by atoms with Crippen molar-refractivity contribution in [2.24, 2.45) is 0 Å². The van der Waals surface area contributed by atoms with Gasteiger partial charge in [0.05, 0.1) is 6.61 Å². The molecule has 4 bridgehead atoms. The number of hydrogen-bond acceptors (Lipinski definition) is 8. The van der Waals surface area contributed by atoms with Gasteiger partial charge >= 0.3 is 11.9 Å². The lowest BCUT2D eigenvalue weighted by Crippen LogP contribution is -2.58. The maximum absolute atomic E-state index is 10.7. The smallest absolute Gasteiger partial charge is 0.390 e. The minimum absolute atomic E-state index is 0.171. The number of fused-ring (bicyclic) bond motifs is 8. The monoisotopic (exact) mass is 255 g/mol. The van der Waals surface area contributed by atoms with Crippen LogP contribution in [0.5, 0.6) is 0 Å². The minimum atomic E-state index is -1.41. The van der Waals surface area contributed by atoms with Crippen molar-refractivity contribution in [1.29, 1.82) is 0 Å². The maximum Gasteiger partial charge on any atom is 0.493 e. The third kappa shape index (κ3) is 1.11. The second-order valence-corrected chi connectivity index (χ2v) is 4.60. The van der Waals surface area contributed by atoms with Crippen LogP contribution in [0.2, 0.25) is 0 Å². The van der Waals surface area contributed by atoms with Gasteiger partial charge in [-0.2, -0.15) is 0 Å². The molecular weight excluding hydrogens is 246 g/mol. The fraction of sp³-hybridized carbons (Fsp3) is 0.750. The zero-order valence-electron chi connectivity index (χ0n) is 9.02. The van der Waals surface area contributed by atoms with Crippen molar-refractivity contribution in [3.8, 4) is 0 Å². The summed E-state index contributed by atoms with van der Waals surface area (Å²) in [6, 6.07) is -0.314. The third-order valence-electron chi connectivity index (χ3n) is 3.48. The normalized spacial score (nSPS) is 40.2. The molecule has 0 aromatic carbocycles. The summed E-state index contributed by atoms with van der Waals surface area (Å²) in [7, 11) is 0. The van der Waals surface area contributed by atoms with E-state index in [1.807, 2.05) is 0 Å². The molecule has 0 spiro atoms. The molecule has 10 nitrogen and oxygen atoms in total. The molecule has 0 unspecified atom stereocenters. The predicted molar refractivity (Wildman–Crippen MR) is 53.5 cm³/mol. The van der Waals surface area contributed by atoms with Crippen molar-refractivity contribution < 1.29 is 19.5 Å². The van der Waals surface area contributed by atoms with Crippen molar-refractivity contribution in [2.45, 2.75) is 30.6 Å². The zero-order chi connectivity index (χ0) is 12.5. The lowest BCUT2D eigenvalue weighted by atomic mass is 9.95. The van der Waals surface area contributed by atoms with E-state index in [1.165, 1.54) is 4.68 Å². The van der Waals surface area contributed by atoms with Crippen molar-refractivity contribution in [3.05, 3.63) is 10.1 Å². The zero-order valence-corrected chi connectivity index (χ0v) is 9.02. The number of anilines is 1. The van der Waals surface area contributed by atoms with Crippen LogP contribution in [0, 0.1) is 10.1 Å². The van der Waals surface area contributed by atoms with Crippen LogP contribution in [0.15, 0.2) is 0 Å². The van der Waals surface area contributed by atoms with Gasteiger partial charge in [-0.15, -0.1) is 4.68 Å². The van der Waals surface area contributed by atoms with E-state index in [0.717, 1.165) is 0 Å². The van der Waals surface area contributed by atoms with Gasteiger partial charge in [0.1, 0.15) is 12.1 Å². The van der Waals surface area contributed by atoms with Crippen molar-refractivity contribution in [1.82, 2.24) is 14.8 Å². The second kappa shape index (κ2) is 2.96. The predicted octanol–water partition coefficient (Wildman–Crippen LogP) is -1.01. The molecule has 4 rings (SSSR count). The molecule has 2 saturated heterocycles. The Kier molecular flexibility index (Phi) is 1.68. The maximum atomic E-state index is 10.7. The summed E-state index contributed by atoms with van der Waals surface area (Å²) in [6.07, 6.45) is -0.726. The Hall–Kier alpha value is -1.78. The lowest BCUT2D eigenvalue weighted by Gasteiger charge is -2.42. The van der Waals surface area contributed by atoms with Gasteiger partial charge in [0.25, 0.3) is 0 Å². The lowest BCUT2D eigenvalue weighted by molar-refractivity contribution is -0.394. The highest BCUT2D eigenvalue weighted by Gasteiger charge is 2.59. The Labute approximate surface area is 99.7 Å². The quantitative estimate of drug-likeness (QED) is 0.483. The molecule has 1 aromatic heterocycles. The Morgan fingerprint density at radius 1 is 1.67 bits per heavy atom. The van der Waals surface area contributed by atoms with E-state index in [1.54, 1.807) is 0 Å². The first-order chi connectivity index (χ1) is 8.57. The highest BCUT2D eigenvalue weighted by Crippen LogP contribution is 2.45. The summed E-state index contributed by atoms with van der Waals surface area (Å²) in [6.45, 7) is 0.326. The fourth-order valence-corrected chi connectivity index (χ4v) is 2.67. The van der Waals surface area contributed by atoms with Gasteiger partial charge in [0, 0.05) is 11.5 Å².